The lowest BCUT2D eigenvalue weighted by molar-refractivity contribution is 0.429. The van der Waals surface area contributed by atoms with E-state index in [1.807, 2.05) is 0 Å². The van der Waals surface area contributed by atoms with E-state index in [-0.39, 0.29) is 24.1 Å². The van der Waals surface area contributed by atoms with E-state index in [2.05, 4.69) is 22.2 Å². The minimum atomic E-state index is -1.54. The first-order valence-corrected chi connectivity index (χ1v) is 9.88. The third-order valence-electron chi connectivity index (χ3n) is 4.71. The predicted molar refractivity (Wildman–Crippen MR) is 115 cm³/mol. The van der Waals surface area contributed by atoms with Gasteiger partial charge in [-0.2, -0.15) is 4.99 Å². The molecule has 0 radical (unpaired) electrons. The highest BCUT2D eigenvalue weighted by Gasteiger charge is 2.37. The zero-order chi connectivity index (χ0) is 20.7. The summed E-state index contributed by atoms with van der Waals surface area (Å²) < 4.78 is 41.1. The summed E-state index contributed by atoms with van der Waals surface area (Å²) in [5.41, 5.74) is 4.89. The molecule has 5 nitrogen and oxygen atoms in total. The largest absolute Gasteiger partial charge is 0.369 e. The first-order chi connectivity index (χ1) is 13.3. The Morgan fingerprint density at radius 2 is 1.66 bits per heavy atom. The quantitative estimate of drug-likeness (QED) is 0.421. The lowest BCUT2D eigenvalue weighted by Gasteiger charge is -2.43. The molecule has 0 aromatic heterocycles. The van der Waals surface area contributed by atoms with Gasteiger partial charge in [-0.25, -0.2) is 13.2 Å². The molecule has 0 amide bonds. The van der Waals surface area contributed by atoms with Gasteiger partial charge in [-0.05, 0) is 32.4 Å². The lowest BCUT2D eigenvalue weighted by atomic mass is 10.1. The Morgan fingerprint density at radius 1 is 1.03 bits per heavy atom. The number of guanidine groups is 2. The van der Waals surface area contributed by atoms with Crippen molar-refractivity contribution in [1.29, 1.82) is 0 Å². The number of hydrogen-bond donors (Lipinski definition) is 2. The van der Waals surface area contributed by atoms with Crippen molar-refractivity contribution < 1.29 is 13.2 Å². The van der Waals surface area contributed by atoms with Crippen LogP contribution in [-0.4, -0.2) is 24.1 Å². The van der Waals surface area contributed by atoms with Crippen LogP contribution in [0.2, 0.25) is 0 Å². The van der Waals surface area contributed by atoms with Crippen LogP contribution in [0, 0.1) is 17.5 Å². The number of anilines is 1. The molecule has 0 saturated heterocycles. The van der Waals surface area contributed by atoms with E-state index in [0.29, 0.717) is 12.5 Å². The summed E-state index contributed by atoms with van der Waals surface area (Å²) in [6, 6.07) is 2.00. The number of benzene rings is 1. The molecule has 0 spiro atoms. The molecule has 29 heavy (non-hydrogen) atoms. The number of halogens is 4. The van der Waals surface area contributed by atoms with Crippen molar-refractivity contribution >= 4 is 30.0 Å². The molecule has 1 aromatic rings. The standard InChI is InChI=1S/C20H30F3N5.ClH/c1-4-5-6-7-8-9-10-13-25-19-26-18(24)28(20(2,3)27-19)15-12-11-14(21)16(22)17(15)23;/h11-12H,4-10,13H2,1-3H3,(H3,24,25,26,27);1H. The second-order valence-electron chi connectivity index (χ2n) is 7.51. The van der Waals surface area contributed by atoms with Gasteiger partial charge in [-0.3, -0.25) is 9.89 Å². The van der Waals surface area contributed by atoms with Crippen LogP contribution in [0.1, 0.15) is 65.7 Å². The van der Waals surface area contributed by atoms with Crippen LogP contribution in [0.5, 0.6) is 0 Å². The average Bonchev–Trinajstić information content (AvgIpc) is 2.63. The third kappa shape index (κ3) is 6.52. The van der Waals surface area contributed by atoms with Crippen molar-refractivity contribution in [2.75, 3.05) is 11.4 Å². The number of nitrogens with zero attached hydrogens (tertiary/aromatic N) is 3. The number of nitrogens with two attached hydrogens (primary N) is 1. The van der Waals surface area contributed by atoms with Gasteiger partial charge in [0.15, 0.2) is 17.5 Å². The van der Waals surface area contributed by atoms with Crippen LogP contribution in [0.4, 0.5) is 18.9 Å². The minimum absolute atomic E-state index is 0. The molecule has 0 atom stereocenters. The van der Waals surface area contributed by atoms with Crippen LogP contribution >= 0.6 is 12.4 Å². The second-order valence-corrected chi connectivity index (χ2v) is 7.51. The van der Waals surface area contributed by atoms with Gasteiger partial charge in [0.25, 0.3) is 0 Å². The van der Waals surface area contributed by atoms with Gasteiger partial charge in [0.05, 0.1) is 5.69 Å². The fourth-order valence-corrected chi connectivity index (χ4v) is 3.24. The zero-order valence-corrected chi connectivity index (χ0v) is 18.1. The molecule has 0 unspecified atom stereocenters. The van der Waals surface area contributed by atoms with Crippen molar-refractivity contribution in [3.8, 4) is 0 Å². The molecule has 1 heterocycles. The maximum absolute atomic E-state index is 14.2. The van der Waals surface area contributed by atoms with E-state index >= 15 is 0 Å². The van der Waals surface area contributed by atoms with Crippen molar-refractivity contribution in [2.24, 2.45) is 15.7 Å². The highest BCUT2D eigenvalue weighted by molar-refractivity contribution is 6.06. The van der Waals surface area contributed by atoms with Crippen LogP contribution in [0.25, 0.3) is 0 Å². The highest BCUT2D eigenvalue weighted by Crippen LogP contribution is 2.29. The molecule has 1 aliphatic rings. The number of hydrogen-bond acceptors (Lipinski definition) is 3. The Hall–Kier alpha value is -1.96. The lowest BCUT2D eigenvalue weighted by Crippen LogP contribution is -2.64. The van der Waals surface area contributed by atoms with Gasteiger partial charge < -0.3 is 11.1 Å². The van der Waals surface area contributed by atoms with E-state index in [0.717, 1.165) is 25.0 Å². The van der Waals surface area contributed by atoms with Crippen molar-refractivity contribution in [2.45, 2.75) is 71.4 Å². The molecular weight excluding hydrogens is 403 g/mol. The molecule has 2 rings (SSSR count). The summed E-state index contributed by atoms with van der Waals surface area (Å²) in [7, 11) is 0. The molecule has 0 aliphatic carbocycles. The van der Waals surface area contributed by atoms with Gasteiger partial charge in [0.2, 0.25) is 11.9 Å². The van der Waals surface area contributed by atoms with Gasteiger partial charge in [0, 0.05) is 6.54 Å². The van der Waals surface area contributed by atoms with E-state index in [4.69, 9.17) is 5.73 Å². The van der Waals surface area contributed by atoms with Crippen LogP contribution in [0.3, 0.4) is 0 Å². The average molecular weight is 434 g/mol. The first-order valence-electron chi connectivity index (χ1n) is 9.88. The Labute approximate surface area is 177 Å². The summed E-state index contributed by atoms with van der Waals surface area (Å²) in [5.74, 6) is -3.79. The number of nitrogens with one attached hydrogen (secondary N) is 1. The smallest absolute Gasteiger partial charge is 0.223 e. The van der Waals surface area contributed by atoms with E-state index in [1.165, 1.54) is 37.0 Å². The van der Waals surface area contributed by atoms with Crippen molar-refractivity contribution in [1.82, 2.24) is 5.32 Å². The maximum atomic E-state index is 14.2. The summed E-state index contributed by atoms with van der Waals surface area (Å²) in [6.07, 6.45) is 8.29. The van der Waals surface area contributed by atoms with Gasteiger partial charge in [0.1, 0.15) is 5.66 Å². The molecule has 0 bridgehead atoms. The fraction of sp³-hybridized carbons (Fsp3) is 0.600. The third-order valence-corrected chi connectivity index (χ3v) is 4.71. The molecule has 1 aromatic carbocycles. The minimum Gasteiger partial charge on any atom is -0.369 e. The van der Waals surface area contributed by atoms with Crippen molar-refractivity contribution in [3.63, 3.8) is 0 Å². The van der Waals surface area contributed by atoms with E-state index < -0.39 is 23.1 Å². The second kappa shape index (κ2) is 11.3. The van der Waals surface area contributed by atoms with E-state index in [1.54, 1.807) is 13.8 Å². The molecule has 0 fully saturated rings. The Kier molecular flexibility index (Phi) is 9.76. The van der Waals surface area contributed by atoms with Gasteiger partial charge in [-0.1, -0.05) is 45.4 Å². The predicted octanol–water partition coefficient (Wildman–Crippen LogP) is 5.09. The molecule has 3 N–H and O–H groups in total. The number of unbranched alkanes of at least 4 members (excludes halogenated alkanes) is 6. The SMILES string of the molecule is CCCCCCCCCN=C1N=C(N)N(c2ccc(F)c(F)c2F)C(C)(C)N1.Cl. The van der Waals surface area contributed by atoms with E-state index in [9.17, 15) is 13.2 Å². The Morgan fingerprint density at radius 3 is 2.28 bits per heavy atom. The van der Waals surface area contributed by atoms with Crippen LogP contribution in [-0.2, 0) is 0 Å². The zero-order valence-electron chi connectivity index (χ0n) is 17.3. The fourth-order valence-electron chi connectivity index (χ4n) is 3.24. The molecular formula is C20H31ClF3N5. The van der Waals surface area contributed by atoms with Crippen LogP contribution in [0.15, 0.2) is 22.1 Å². The molecule has 9 heteroatoms. The number of rotatable bonds is 9. The maximum Gasteiger partial charge on any atom is 0.223 e. The summed E-state index contributed by atoms with van der Waals surface area (Å²) in [5, 5.41) is 3.08. The number of aliphatic imine (C=N–C) groups is 2. The Bertz CT molecular complexity index is 737. The van der Waals surface area contributed by atoms with Crippen molar-refractivity contribution in [3.05, 3.63) is 29.6 Å². The molecule has 164 valence electrons. The summed E-state index contributed by atoms with van der Waals surface area (Å²) in [6.45, 7) is 6.28. The highest BCUT2D eigenvalue weighted by atomic mass is 35.5. The van der Waals surface area contributed by atoms with Gasteiger partial charge in [-0.15, -0.1) is 12.4 Å². The molecule has 1 aliphatic heterocycles. The monoisotopic (exact) mass is 433 g/mol. The topological polar surface area (TPSA) is 66.0 Å². The van der Waals surface area contributed by atoms with Gasteiger partial charge >= 0.3 is 0 Å². The van der Waals surface area contributed by atoms with Crippen LogP contribution < -0.4 is 16.0 Å². The first kappa shape index (κ1) is 25.1. The normalized spacial score (nSPS) is 17.0. The molecule has 0 saturated carbocycles. The Balaban J connectivity index is 0.00000420. The summed E-state index contributed by atoms with van der Waals surface area (Å²) >= 11 is 0. The summed E-state index contributed by atoms with van der Waals surface area (Å²) in [4.78, 5) is 9.88.